The summed E-state index contributed by atoms with van der Waals surface area (Å²) in [6, 6.07) is 6.02. The summed E-state index contributed by atoms with van der Waals surface area (Å²) in [5.41, 5.74) is -1.75. The van der Waals surface area contributed by atoms with Crippen LogP contribution < -0.4 is 10.1 Å². The zero-order chi connectivity index (χ0) is 20.2. The summed E-state index contributed by atoms with van der Waals surface area (Å²) in [5, 5.41) is 12.4. The van der Waals surface area contributed by atoms with Gasteiger partial charge < -0.3 is 10.1 Å². The number of non-ortho nitro benzene ring substituents is 1. The molecule has 0 bridgehead atoms. The van der Waals surface area contributed by atoms with Crippen molar-refractivity contribution in [1.82, 2.24) is 0 Å². The molecule has 0 aliphatic rings. The van der Waals surface area contributed by atoms with Crippen LogP contribution in [0.25, 0.3) is 0 Å². The summed E-state index contributed by atoms with van der Waals surface area (Å²) >= 11 is 5.49. The van der Waals surface area contributed by atoms with Crippen molar-refractivity contribution in [2.75, 3.05) is 11.9 Å². The van der Waals surface area contributed by atoms with Crippen molar-refractivity contribution in [3.8, 4) is 5.75 Å². The van der Waals surface area contributed by atoms with Gasteiger partial charge in [0.2, 0.25) is 0 Å². The molecule has 2 rings (SSSR count). The second-order valence-corrected chi connectivity index (χ2v) is 5.53. The lowest BCUT2D eigenvalue weighted by Crippen LogP contribution is -2.21. The number of nitro groups is 1. The Labute approximate surface area is 154 Å². The maximum atomic E-state index is 12.8. The Balaban J connectivity index is 2.07. The van der Waals surface area contributed by atoms with E-state index in [1.807, 2.05) is 0 Å². The number of ether oxygens (including phenoxy) is 1. The third kappa shape index (κ3) is 5.17. The zero-order valence-corrected chi connectivity index (χ0v) is 14.0. The van der Waals surface area contributed by atoms with E-state index in [4.69, 9.17) is 16.3 Å². The monoisotopic (exact) mass is 402 g/mol. The van der Waals surface area contributed by atoms with E-state index in [-0.39, 0.29) is 22.7 Å². The molecular weight excluding hydrogens is 393 g/mol. The van der Waals surface area contributed by atoms with Crippen molar-refractivity contribution in [1.29, 1.82) is 0 Å². The Morgan fingerprint density at radius 3 is 2.56 bits per heavy atom. The summed E-state index contributed by atoms with van der Waals surface area (Å²) in [5.74, 6) is -0.890. The molecule has 0 aliphatic carbocycles. The van der Waals surface area contributed by atoms with Gasteiger partial charge in [-0.3, -0.25) is 19.7 Å². The number of nitro benzene ring substituents is 1. The van der Waals surface area contributed by atoms with Crippen molar-refractivity contribution in [2.24, 2.45) is 0 Å². The maximum absolute atomic E-state index is 12.8. The van der Waals surface area contributed by atoms with E-state index in [0.717, 1.165) is 24.3 Å². The minimum atomic E-state index is -4.69. The topological polar surface area (TPSA) is 98.5 Å². The molecule has 2 aromatic rings. The molecule has 0 saturated heterocycles. The van der Waals surface area contributed by atoms with E-state index in [1.54, 1.807) is 0 Å². The first kappa shape index (κ1) is 20.2. The quantitative estimate of drug-likeness (QED) is 0.445. The molecule has 0 radical (unpaired) electrons. The van der Waals surface area contributed by atoms with E-state index < -0.39 is 34.2 Å². The number of anilines is 1. The molecule has 0 saturated carbocycles. The maximum Gasteiger partial charge on any atom is 0.417 e. The number of aldehydes is 1. The number of nitrogens with one attached hydrogen (secondary N) is 1. The molecule has 1 amide bonds. The van der Waals surface area contributed by atoms with Crippen LogP contribution in [0.5, 0.6) is 5.75 Å². The lowest BCUT2D eigenvalue weighted by molar-refractivity contribution is -0.384. The summed E-state index contributed by atoms with van der Waals surface area (Å²) in [4.78, 5) is 32.8. The van der Waals surface area contributed by atoms with Crippen LogP contribution in [0, 0.1) is 10.1 Å². The number of rotatable bonds is 6. The lowest BCUT2D eigenvalue weighted by atomic mass is 10.2. The van der Waals surface area contributed by atoms with E-state index in [0.29, 0.717) is 12.4 Å². The van der Waals surface area contributed by atoms with Gasteiger partial charge in [0.1, 0.15) is 5.75 Å². The van der Waals surface area contributed by atoms with Crippen LogP contribution in [0.2, 0.25) is 5.02 Å². The van der Waals surface area contributed by atoms with E-state index in [9.17, 15) is 32.9 Å². The average molecular weight is 403 g/mol. The smallest absolute Gasteiger partial charge is 0.417 e. The van der Waals surface area contributed by atoms with Gasteiger partial charge in [-0.2, -0.15) is 13.2 Å². The fraction of sp³-hybridized carbons (Fsp3) is 0.125. The highest BCUT2D eigenvalue weighted by atomic mass is 35.5. The van der Waals surface area contributed by atoms with Crippen molar-refractivity contribution >= 4 is 35.2 Å². The highest BCUT2D eigenvalue weighted by Gasteiger charge is 2.33. The predicted molar refractivity (Wildman–Crippen MR) is 89.1 cm³/mol. The Morgan fingerprint density at radius 1 is 1.26 bits per heavy atom. The van der Waals surface area contributed by atoms with Crippen LogP contribution >= 0.6 is 11.6 Å². The first-order chi connectivity index (χ1) is 12.6. The van der Waals surface area contributed by atoms with Crippen LogP contribution in [0.4, 0.5) is 24.5 Å². The Morgan fingerprint density at radius 2 is 1.96 bits per heavy atom. The molecule has 2 aromatic carbocycles. The number of halogens is 4. The standard InChI is InChI=1S/C16H10ClF3N2O5/c17-13-3-1-10(6-12(13)16(18,19)20)21-15(24)8-27-14-4-2-11(22(25)26)5-9(14)7-23/h1-7H,8H2,(H,21,24). The van der Waals surface area contributed by atoms with Crippen LogP contribution in [-0.2, 0) is 11.0 Å². The SMILES string of the molecule is O=Cc1cc([N+](=O)[O-])ccc1OCC(=O)Nc1ccc(Cl)c(C(F)(F)F)c1. The number of hydrogen-bond donors (Lipinski definition) is 1. The first-order valence-corrected chi connectivity index (χ1v) is 7.52. The Hall–Kier alpha value is -3.14. The van der Waals surface area contributed by atoms with Crippen LogP contribution in [0.1, 0.15) is 15.9 Å². The first-order valence-electron chi connectivity index (χ1n) is 7.15. The number of benzene rings is 2. The summed E-state index contributed by atoms with van der Waals surface area (Å²) in [7, 11) is 0. The number of hydrogen-bond acceptors (Lipinski definition) is 5. The molecule has 0 spiro atoms. The van der Waals surface area contributed by atoms with Crippen LogP contribution in [0.15, 0.2) is 36.4 Å². The lowest BCUT2D eigenvalue weighted by Gasteiger charge is -2.12. The van der Waals surface area contributed by atoms with Gasteiger partial charge in [-0.1, -0.05) is 11.6 Å². The van der Waals surface area contributed by atoms with Gasteiger partial charge in [0.15, 0.2) is 12.9 Å². The van der Waals surface area contributed by atoms with E-state index in [2.05, 4.69) is 5.32 Å². The van der Waals surface area contributed by atoms with Gasteiger partial charge in [-0.15, -0.1) is 0 Å². The highest BCUT2D eigenvalue weighted by molar-refractivity contribution is 6.31. The van der Waals surface area contributed by atoms with Gasteiger partial charge in [-0.25, -0.2) is 0 Å². The molecule has 1 N–H and O–H groups in total. The Kier molecular flexibility index (Phi) is 6.01. The van der Waals surface area contributed by atoms with Gasteiger partial charge in [-0.05, 0) is 24.3 Å². The molecule has 0 unspecified atom stereocenters. The minimum absolute atomic E-state index is 0.0853. The molecular formula is C16H10ClF3N2O5. The fourth-order valence-corrected chi connectivity index (χ4v) is 2.26. The van der Waals surface area contributed by atoms with E-state index in [1.165, 1.54) is 6.07 Å². The second kappa shape index (κ2) is 8.04. The highest BCUT2D eigenvalue weighted by Crippen LogP contribution is 2.36. The number of carbonyl (C=O) groups is 2. The normalized spacial score (nSPS) is 11.0. The van der Waals surface area contributed by atoms with Crippen molar-refractivity contribution in [2.45, 2.75) is 6.18 Å². The number of nitrogens with zero attached hydrogens (tertiary/aromatic N) is 1. The molecule has 11 heteroatoms. The minimum Gasteiger partial charge on any atom is -0.483 e. The predicted octanol–water partition coefficient (Wildman–Crippen LogP) is 4.10. The molecule has 7 nitrogen and oxygen atoms in total. The summed E-state index contributed by atoms with van der Waals surface area (Å²) in [6.45, 7) is -0.636. The Bertz CT molecular complexity index is 902. The molecule has 142 valence electrons. The number of alkyl halides is 3. The third-order valence-electron chi connectivity index (χ3n) is 3.25. The largest absolute Gasteiger partial charge is 0.483 e. The molecule has 0 atom stereocenters. The van der Waals surface area contributed by atoms with Crippen LogP contribution in [0.3, 0.4) is 0 Å². The van der Waals surface area contributed by atoms with Crippen LogP contribution in [-0.4, -0.2) is 23.7 Å². The molecule has 0 heterocycles. The van der Waals surface area contributed by atoms with Crippen molar-refractivity contribution < 1.29 is 32.4 Å². The molecule has 0 aliphatic heterocycles. The molecule has 0 fully saturated rings. The number of carbonyl (C=O) groups excluding carboxylic acids is 2. The second-order valence-electron chi connectivity index (χ2n) is 5.13. The molecule has 0 aromatic heterocycles. The van der Waals surface area contributed by atoms with E-state index >= 15 is 0 Å². The van der Waals surface area contributed by atoms with Gasteiger partial charge in [0.05, 0.1) is 21.1 Å². The number of amides is 1. The van der Waals surface area contributed by atoms with Gasteiger partial charge >= 0.3 is 6.18 Å². The third-order valence-corrected chi connectivity index (χ3v) is 3.58. The zero-order valence-electron chi connectivity index (χ0n) is 13.2. The van der Waals surface area contributed by atoms with Gasteiger partial charge in [0, 0.05) is 17.8 Å². The summed E-state index contributed by atoms with van der Waals surface area (Å²) < 4.78 is 43.5. The van der Waals surface area contributed by atoms with Gasteiger partial charge in [0.25, 0.3) is 11.6 Å². The molecule has 27 heavy (non-hydrogen) atoms. The summed E-state index contributed by atoms with van der Waals surface area (Å²) in [6.07, 6.45) is -4.37. The fourth-order valence-electron chi connectivity index (χ4n) is 2.03. The van der Waals surface area contributed by atoms with Crippen molar-refractivity contribution in [3.05, 3.63) is 62.7 Å². The van der Waals surface area contributed by atoms with Crippen molar-refractivity contribution in [3.63, 3.8) is 0 Å². The average Bonchev–Trinajstić information content (AvgIpc) is 2.60.